The molecule has 0 aliphatic carbocycles. The van der Waals surface area contributed by atoms with Gasteiger partial charge in [0.2, 0.25) is 0 Å². The van der Waals surface area contributed by atoms with E-state index < -0.39 is 12.0 Å². The van der Waals surface area contributed by atoms with Crippen LogP contribution in [0.25, 0.3) is 0 Å². The highest BCUT2D eigenvalue weighted by molar-refractivity contribution is 6.01. The number of hydrogen-bond acceptors (Lipinski definition) is 5. The number of benzene rings is 1. The van der Waals surface area contributed by atoms with Crippen LogP contribution in [0.2, 0.25) is 0 Å². The van der Waals surface area contributed by atoms with Crippen molar-refractivity contribution in [2.75, 3.05) is 27.4 Å². The predicted octanol–water partition coefficient (Wildman–Crippen LogP) is 0.957. The first-order valence-electron chi connectivity index (χ1n) is 6.21. The van der Waals surface area contributed by atoms with E-state index in [4.69, 9.17) is 14.6 Å². The van der Waals surface area contributed by atoms with Crippen LogP contribution in [0, 0.1) is 0 Å². The zero-order valence-corrected chi connectivity index (χ0v) is 11.6. The van der Waals surface area contributed by atoms with E-state index >= 15 is 0 Å². The molecule has 20 heavy (non-hydrogen) atoms. The van der Waals surface area contributed by atoms with Crippen LogP contribution in [0.3, 0.4) is 0 Å². The molecule has 0 aromatic heterocycles. The Hall–Kier alpha value is -1.92. The van der Waals surface area contributed by atoms with Gasteiger partial charge in [0, 0.05) is 19.2 Å². The molecule has 0 aliphatic heterocycles. The third-order valence-corrected chi connectivity index (χ3v) is 2.77. The molecule has 0 amide bonds. The molecular formula is C14H19NO5. The number of carboxylic acid groups (broad SMARTS) is 1. The number of carboxylic acids is 1. The van der Waals surface area contributed by atoms with Crippen LogP contribution in [0.4, 0.5) is 0 Å². The lowest BCUT2D eigenvalue weighted by Crippen LogP contribution is -2.40. The third-order valence-electron chi connectivity index (χ3n) is 2.77. The van der Waals surface area contributed by atoms with Gasteiger partial charge in [0.15, 0.2) is 5.78 Å². The molecule has 6 nitrogen and oxygen atoms in total. The van der Waals surface area contributed by atoms with Crippen molar-refractivity contribution >= 4 is 11.8 Å². The maximum Gasteiger partial charge on any atom is 0.305 e. The Morgan fingerprint density at radius 1 is 1.25 bits per heavy atom. The van der Waals surface area contributed by atoms with Gasteiger partial charge < -0.3 is 19.9 Å². The van der Waals surface area contributed by atoms with Gasteiger partial charge in [-0.25, -0.2) is 0 Å². The van der Waals surface area contributed by atoms with E-state index in [-0.39, 0.29) is 12.2 Å². The predicted molar refractivity (Wildman–Crippen MR) is 73.2 cm³/mol. The highest BCUT2D eigenvalue weighted by Crippen LogP contribution is 2.13. The maximum absolute atomic E-state index is 12.3. The zero-order valence-electron chi connectivity index (χ0n) is 11.6. The molecule has 0 heterocycles. The number of ether oxygens (including phenoxy) is 2. The van der Waals surface area contributed by atoms with Gasteiger partial charge in [0.25, 0.3) is 0 Å². The summed E-state index contributed by atoms with van der Waals surface area (Å²) in [4.78, 5) is 23.1. The van der Waals surface area contributed by atoms with E-state index in [0.717, 1.165) is 0 Å². The standard InChI is InChI=1S/C14H19NO5/c1-19-8-7-15-12(9-13(16)17)14(18)10-3-5-11(20-2)6-4-10/h3-6,12,15H,7-9H2,1-2H3,(H,16,17). The number of carbonyl (C=O) groups is 2. The summed E-state index contributed by atoms with van der Waals surface area (Å²) in [5, 5.41) is 11.8. The molecule has 1 rings (SSSR count). The normalized spacial score (nSPS) is 11.9. The number of Topliss-reactive ketones (excluding diaryl/α,β-unsaturated/α-hetero) is 1. The lowest BCUT2D eigenvalue weighted by atomic mass is 10.0. The maximum atomic E-state index is 12.3. The van der Waals surface area contributed by atoms with E-state index in [9.17, 15) is 9.59 Å². The van der Waals surface area contributed by atoms with Crippen LogP contribution in [-0.2, 0) is 9.53 Å². The van der Waals surface area contributed by atoms with Crippen molar-refractivity contribution in [3.05, 3.63) is 29.8 Å². The largest absolute Gasteiger partial charge is 0.497 e. The molecule has 2 N–H and O–H groups in total. The topological polar surface area (TPSA) is 84.9 Å². The lowest BCUT2D eigenvalue weighted by molar-refractivity contribution is -0.137. The van der Waals surface area contributed by atoms with Crippen molar-refractivity contribution < 1.29 is 24.2 Å². The van der Waals surface area contributed by atoms with Crippen molar-refractivity contribution in [2.45, 2.75) is 12.5 Å². The summed E-state index contributed by atoms with van der Waals surface area (Å²) in [5.41, 5.74) is 0.446. The summed E-state index contributed by atoms with van der Waals surface area (Å²) in [7, 11) is 3.08. The van der Waals surface area contributed by atoms with Gasteiger partial charge in [-0.3, -0.25) is 9.59 Å². The molecule has 1 unspecified atom stereocenters. The Morgan fingerprint density at radius 2 is 1.90 bits per heavy atom. The molecule has 0 aliphatic rings. The van der Waals surface area contributed by atoms with Gasteiger partial charge in [0.05, 0.1) is 26.2 Å². The molecule has 0 fully saturated rings. The van der Waals surface area contributed by atoms with Crippen molar-refractivity contribution in [1.29, 1.82) is 0 Å². The summed E-state index contributed by atoms with van der Waals surface area (Å²) >= 11 is 0. The van der Waals surface area contributed by atoms with Gasteiger partial charge >= 0.3 is 5.97 Å². The molecule has 0 saturated carbocycles. The van der Waals surface area contributed by atoms with E-state index in [0.29, 0.717) is 24.5 Å². The minimum Gasteiger partial charge on any atom is -0.497 e. The van der Waals surface area contributed by atoms with Gasteiger partial charge in [0.1, 0.15) is 5.75 Å². The van der Waals surface area contributed by atoms with Crippen molar-refractivity contribution in [3.8, 4) is 5.75 Å². The van der Waals surface area contributed by atoms with E-state index in [2.05, 4.69) is 5.32 Å². The van der Waals surface area contributed by atoms with Gasteiger partial charge in [-0.1, -0.05) is 0 Å². The average molecular weight is 281 g/mol. The number of ketones is 1. The number of rotatable bonds is 9. The van der Waals surface area contributed by atoms with Crippen LogP contribution in [-0.4, -0.2) is 50.3 Å². The fourth-order valence-corrected chi connectivity index (χ4v) is 1.72. The second-order valence-electron chi connectivity index (χ2n) is 4.19. The first-order valence-corrected chi connectivity index (χ1v) is 6.21. The quantitative estimate of drug-likeness (QED) is 0.518. The average Bonchev–Trinajstić information content (AvgIpc) is 2.45. The number of aliphatic carboxylic acids is 1. The Morgan fingerprint density at radius 3 is 2.40 bits per heavy atom. The molecular weight excluding hydrogens is 262 g/mol. The lowest BCUT2D eigenvalue weighted by Gasteiger charge is -2.15. The molecule has 1 atom stereocenters. The fraction of sp³-hybridized carbons (Fsp3) is 0.429. The van der Waals surface area contributed by atoms with Crippen LogP contribution in [0.1, 0.15) is 16.8 Å². The van der Waals surface area contributed by atoms with Crippen LogP contribution in [0.15, 0.2) is 24.3 Å². The summed E-state index contributed by atoms with van der Waals surface area (Å²) < 4.78 is 9.89. The summed E-state index contributed by atoms with van der Waals surface area (Å²) in [6, 6.07) is 5.80. The summed E-state index contributed by atoms with van der Waals surface area (Å²) in [5.74, 6) is -0.642. The molecule has 0 bridgehead atoms. The number of hydrogen-bond donors (Lipinski definition) is 2. The molecule has 0 radical (unpaired) electrons. The SMILES string of the molecule is COCCNC(CC(=O)O)C(=O)c1ccc(OC)cc1. The van der Waals surface area contributed by atoms with Gasteiger partial charge in [-0.15, -0.1) is 0 Å². The Balaban J connectivity index is 2.76. The zero-order chi connectivity index (χ0) is 15.0. The van der Waals surface area contributed by atoms with Crippen molar-refractivity contribution in [1.82, 2.24) is 5.32 Å². The molecule has 1 aromatic rings. The Bertz CT molecular complexity index is 443. The molecule has 6 heteroatoms. The monoisotopic (exact) mass is 281 g/mol. The van der Waals surface area contributed by atoms with Gasteiger partial charge in [-0.2, -0.15) is 0 Å². The molecule has 110 valence electrons. The minimum atomic E-state index is -1.03. The Kier molecular flexibility index (Phi) is 6.69. The smallest absolute Gasteiger partial charge is 0.305 e. The number of methoxy groups -OCH3 is 2. The van der Waals surface area contributed by atoms with Crippen LogP contribution < -0.4 is 10.1 Å². The summed E-state index contributed by atoms with van der Waals surface area (Å²) in [6.07, 6.45) is -0.269. The third kappa shape index (κ3) is 4.99. The second-order valence-corrected chi connectivity index (χ2v) is 4.19. The fourth-order valence-electron chi connectivity index (χ4n) is 1.72. The van der Waals surface area contributed by atoms with Crippen LogP contribution in [0.5, 0.6) is 5.75 Å². The van der Waals surface area contributed by atoms with E-state index in [1.165, 1.54) is 7.11 Å². The van der Waals surface area contributed by atoms with E-state index in [1.54, 1.807) is 31.4 Å². The first-order chi connectivity index (χ1) is 9.58. The highest BCUT2D eigenvalue weighted by atomic mass is 16.5. The van der Waals surface area contributed by atoms with Gasteiger partial charge in [-0.05, 0) is 24.3 Å². The van der Waals surface area contributed by atoms with E-state index in [1.807, 2.05) is 0 Å². The number of nitrogens with one attached hydrogen (secondary N) is 1. The number of carbonyl (C=O) groups excluding carboxylic acids is 1. The van der Waals surface area contributed by atoms with Crippen LogP contribution >= 0.6 is 0 Å². The minimum absolute atomic E-state index is 0.258. The highest BCUT2D eigenvalue weighted by Gasteiger charge is 2.22. The Labute approximate surface area is 117 Å². The molecule has 1 aromatic carbocycles. The van der Waals surface area contributed by atoms with Crippen molar-refractivity contribution in [3.63, 3.8) is 0 Å². The summed E-state index contributed by atoms with van der Waals surface area (Å²) in [6.45, 7) is 0.822. The van der Waals surface area contributed by atoms with Crippen molar-refractivity contribution in [2.24, 2.45) is 0 Å². The second kappa shape index (κ2) is 8.29. The first kappa shape index (κ1) is 16.1. The molecule has 0 spiro atoms. The molecule has 0 saturated heterocycles.